The van der Waals surface area contributed by atoms with Crippen molar-refractivity contribution in [3.05, 3.63) is 30.0 Å². The summed E-state index contributed by atoms with van der Waals surface area (Å²) in [7, 11) is 5.34. The molecule has 1 aliphatic rings. The second-order valence-electron chi connectivity index (χ2n) is 8.83. The number of fused-ring (bicyclic) bond motifs is 1. The summed E-state index contributed by atoms with van der Waals surface area (Å²) in [5, 5.41) is 5.87. The number of carbonyl (C=O) groups is 2. The quantitative estimate of drug-likeness (QED) is 0.573. The number of nitrogens with zero attached hydrogens (tertiary/aromatic N) is 3. The van der Waals surface area contributed by atoms with Crippen LogP contribution in [0, 0.1) is 5.92 Å². The highest BCUT2D eigenvalue weighted by atomic mass is 16.5. The second-order valence-corrected chi connectivity index (χ2v) is 8.83. The number of nitrogens with one attached hydrogen (secondary N) is 2. The molecule has 1 atom stereocenters. The molecule has 33 heavy (non-hydrogen) atoms. The molecule has 2 aromatic heterocycles. The van der Waals surface area contributed by atoms with Crippen LogP contribution in [0.5, 0.6) is 5.75 Å². The Morgan fingerprint density at radius 2 is 2.09 bits per heavy atom. The molecule has 0 unspecified atom stereocenters. The van der Waals surface area contributed by atoms with Crippen LogP contribution < -0.4 is 15.4 Å². The highest BCUT2D eigenvalue weighted by Crippen LogP contribution is 2.36. The van der Waals surface area contributed by atoms with E-state index in [1.807, 2.05) is 55.3 Å². The fourth-order valence-corrected chi connectivity index (χ4v) is 4.12. The Hall–Kier alpha value is -3.33. The molecule has 0 aliphatic carbocycles. The van der Waals surface area contributed by atoms with Crippen LogP contribution in [0.3, 0.4) is 0 Å². The molecule has 176 valence electrons. The molecular weight excluding hydrogens is 422 g/mol. The first-order valence-electron chi connectivity index (χ1n) is 11.2. The van der Waals surface area contributed by atoms with E-state index in [-0.39, 0.29) is 11.8 Å². The fraction of sp³-hybridized carbons (Fsp3) is 0.458. The van der Waals surface area contributed by atoms with Gasteiger partial charge in [-0.05, 0) is 37.0 Å². The molecule has 1 fully saturated rings. The predicted octanol–water partition coefficient (Wildman–Crippen LogP) is 3.09. The molecule has 1 saturated heterocycles. The first kappa shape index (κ1) is 22.8. The maximum absolute atomic E-state index is 12.8. The van der Waals surface area contributed by atoms with Gasteiger partial charge in [0.1, 0.15) is 11.8 Å². The number of aryl methyl sites for hydroxylation is 2. The number of anilines is 1. The van der Waals surface area contributed by atoms with Gasteiger partial charge in [0.05, 0.1) is 23.7 Å². The predicted molar refractivity (Wildman–Crippen MR) is 126 cm³/mol. The highest BCUT2D eigenvalue weighted by molar-refractivity contribution is 6.00. The minimum absolute atomic E-state index is 0.135. The molecular formula is C24H31N5O4. The second kappa shape index (κ2) is 9.27. The van der Waals surface area contributed by atoms with Gasteiger partial charge >= 0.3 is 0 Å². The van der Waals surface area contributed by atoms with Crippen molar-refractivity contribution < 1.29 is 19.1 Å². The van der Waals surface area contributed by atoms with Crippen molar-refractivity contribution in [1.29, 1.82) is 0 Å². The van der Waals surface area contributed by atoms with Crippen molar-refractivity contribution in [2.75, 3.05) is 25.6 Å². The van der Waals surface area contributed by atoms with Gasteiger partial charge in [-0.15, -0.1) is 0 Å². The molecule has 0 saturated carbocycles. The van der Waals surface area contributed by atoms with Gasteiger partial charge in [0.15, 0.2) is 11.6 Å². The van der Waals surface area contributed by atoms with Gasteiger partial charge < -0.3 is 29.2 Å². The maximum Gasteiger partial charge on any atom is 0.256 e. The third-order valence-electron chi connectivity index (χ3n) is 5.84. The number of rotatable bonds is 7. The zero-order valence-electron chi connectivity index (χ0n) is 19.8. The van der Waals surface area contributed by atoms with E-state index in [2.05, 4.69) is 10.6 Å². The Morgan fingerprint density at radius 3 is 2.76 bits per heavy atom. The minimum atomic E-state index is -0.395. The maximum atomic E-state index is 12.8. The Labute approximate surface area is 193 Å². The van der Waals surface area contributed by atoms with Gasteiger partial charge in [0, 0.05) is 39.1 Å². The minimum Gasteiger partial charge on any atom is -0.494 e. The number of hydrogen-bond acceptors (Lipinski definition) is 5. The molecule has 0 radical (unpaired) electrons. The van der Waals surface area contributed by atoms with Crippen molar-refractivity contribution in [3.63, 3.8) is 0 Å². The lowest BCUT2D eigenvalue weighted by atomic mass is 10.2. The van der Waals surface area contributed by atoms with Crippen LogP contribution in [0.15, 0.2) is 24.4 Å². The third kappa shape index (κ3) is 4.45. The zero-order valence-corrected chi connectivity index (χ0v) is 19.8. The molecule has 4 rings (SSSR count). The Balaban J connectivity index is 1.67. The molecule has 9 nitrogen and oxygen atoms in total. The summed E-state index contributed by atoms with van der Waals surface area (Å²) in [6.45, 7) is 5.30. The smallest absolute Gasteiger partial charge is 0.256 e. The van der Waals surface area contributed by atoms with Gasteiger partial charge in [0.25, 0.3) is 11.8 Å². The van der Waals surface area contributed by atoms with Gasteiger partial charge in [-0.3, -0.25) is 9.59 Å². The van der Waals surface area contributed by atoms with Crippen molar-refractivity contribution in [1.82, 2.24) is 19.4 Å². The lowest BCUT2D eigenvalue weighted by Gasteiger charge is -2.10. The Morgan fingerprint density at radius 1 is 1.30 bits per heavy atom. The Bertz CT molecular complexity index is 1190. The van der Waals surface area contributed by atoms with Crippen molar-refractivity contribution in [2.24, 2.45) is 20.0 Å². The van der Waals surface area contributed by atoms with E-state index in [0.29, 0.717) is 47.6 Å². The van der Waals surface area contributed by atoms with Crippen LogP contribution in [0.4, 0.5) is 5.69 Å². The summed E-state index contributed by atoms with van der Waals surface area (Å²) in [5.74, 6) is 1.17. The van der Waals surface area contributed by atoms with Gasteiger partial charge in [0.2, 0.25) is 0 Å². The van der Waals surface area contributed by atoms with Crippen LogP contribution in [0.25, 0.3) is 22.6 Å². The molecule has 2 amide bonds. The average Bonchev–Trinajstić information content (AvgIpc) is 3.50. The number of carbonyl (C=O) groups excluding carboxylic acids is 2. The average molecular weight is 454 g/mol. The molecule has 1 aliphatic heterocycles. The summed E-state index contributed by atoms with van der Waals surface area (Å²) in [6.07, 6.45) is 3.00. The molecule has 3 aromatic rings. The largest absolute Gasteiger partial charge is 0.494 e. The van der Waals surface area contributed by atoms with E-state index in [1.165, 1.54) is 0 Å². The number of methoxy groups -OCH3 is 1. The van der Waals surface area contributed by atoms with Crippen LogP contribution >= 0.6 is 0 Å². The van der Waals surface area contributed by atoms with Crippen LogP contribution in [-0.2, 0) is 23.6 Å². The summed E-state index contributed by atoms with van der Waals surface area (Å²) >= 11 is 0. The molecule has 1 aromatic carbocycles. The molecule has 2 N–H and O–H groups in total. The van der Waals surface area contributed by atoms with Crippen molar-refractivity contribution in [2.45, 2.75) is 32.8 Å². The van der Waals surface area contributed by atoms with Crippen LogP contribution in [0.2, 0.25) is 0 Å². The first-order valence-corrected chi connectivity index (χ1v) is 11.2. The van der Waals surface area contributed by atoms with Gasteiger partial charge in [-0.25, -0.2) is 4.98 Å². The molecule has 3 heterocycles. The number of aromatic nitrogens is 3. The summed E-state index contributed by atoms with van der Waals surface area (Å²) in [4.78, 5) is 30.0. The number of benzene rings is 1. The summed E-state index contributed by atoms with van der Waals surface area (Å²) < 4.78 is 14.9. The first-order chi connectivity index (χ1) is 15.8. The van der Waals surface area contributed by atoms with E-state index < -0.39 is 6.10 Å². The molecule has 0 bridgehead atoms. The van der Waals surface area contributed by atoms with E-state index in [1.54, 1.807) is 13.3 Å². The summed E-state index contributed by atoms with van der Waals surface area (Å²) in [5.41, 5.74) is 3.46. The monoisotopic (exact) mass is 453 g/mol. The third-order valence-corrected chi connectivity index (χ3v) is 5.84. The van der Waals surface area contributed by atoms with Crippen molar-refractivity contribution >= 4 is 28.5 Å². The van der Waals surface area contributed by atoms with E-state index in [4.69, 9.17) is 14.5 Å². The molecule has 9 heteroatoms. The number of imidazole rings is 1. The van der Waals surface area contributed by atoms with Crippen LogP contribution in [-0.4, -0.2) is 52.3 Å². The van der Waals surface area contributed by atoms with Gasteiger partial charge in [-0.2, -0.15) is 0 Å². The van der Waals surface area contributed by atoms with E-state index in [9.17, 15) is 9.59 Å². The topological polar surface area (TPSA) is 99.4 Å². The standard InChI is InChI=1S/C24H31N5O4/c1-14(2)12-25-23(30)16-13-28(3)20(21(16)32-5)22-27-17-11-15(8-9-18(17)29(22)4)26-24(31)19-7-6-10-33-19/h8-9,11,13-14,19H,6-7,10,12H2,1-5H3,(H,25,30)(H,26,31)/t19-/m1/s1. The lowest BCUT2D eigenvalue weighted by molar-refractivity contribution is -0.124. The molecule has 0 spiro atoms. The van der Waals surface area contributed by atoms with E-state index in [0.717, 1.165) is 23.9 Å². The SMILES string of the molecule is COc1c(C(=O)NCC(C)C)cn(C)c1-c1nc2cc(NC(=O)[C@H]3CCCO3)ccc2n1C. The van der Waals surface area contributed by atoms with Gasteiger partial charge in [-0.1, -0.05) is 13.8 Å². The van der Waals surface area contributed by atoms with Crippen molar-refractivity contribution in [3.8, 4) is 17.3 Å². The zero-order chi connectivity index (χ0) is 23.7. The number of amides is 2. The van der Waals surface area contributed by atoms with Crippen LogP contribution in [0.1, 0.15) is 37.0 Å². The lowest BCUT2D eigenvalue weighted by Crippen LogP contribution is -2.27. The number of hydrogen-bond donors (Lipinski definition) is 2. The normalized spacial score (nSPS) is 15.9. The number of ether oxygens (including phenoxy) is 2. The highest BCUT2D eigenvalue weighted by Gasteiger charge is 2.26. The fourth-order valence-electron chi connectivity index (χ4n) is 4.12. The van der Waals surface area contributed by atoms with E-state index >= 15 is 0 Å². The summed E-state index contributed by atoms with van der Waals surface area (Å²) in [6, 6.07) is 5.62. The Kier molecular flexibility index (Phi) is 6.42.